The van der Waals surface area contributed by atoms with E-state index in [0.717, 1.165) is 12.1 Å². The van der Waals surface area contributed by atoms with Gasteiger partial charge in [0.1, 0.15) is 24.1 Å². The minimum atomic E-state index is -1.59. The van der Waals surface area contributed by atoms with Gasteiger partial charge in [0.05, 0.1) is 18.8 Å². The Kier molecular flexibility index (Phi) is 5.09. The van der Waals surface area contributed by atoms with Crippen molar-refractivity contribution < 1.29 is 28.1 Å². The molecule has 138 valence electrons. The normalized spacial score (nSPS) is 25.7. The lowest BCUT2D eigenvalue weighted by Gasteiger charge is -2.36. The summed E-state index contributed by atoms with van der Waals surface area (Å²) in [5, 5.41) is 30.6. The number of benzene rings is 1. The zero-order valence-electron chi connectivity index (χ0n) is 13.1. The highest BCUT2D eigenvalue weighted by Crippen LogP contribution is 2.31. The number of aliphatic hydroxyl groups excluding tert-OH is 2. The number of hydrogen-bond donors (Lipinski definition) is 2. The molecule has 1 aromatic carbocycles. The van der Waals surface area contributed by atoms with Gasteiger partial charge in [-0.2, -0.15) is 0 Å². The van der Waals surface area contributed by atoms with Crippen molar-refractivity contribution in [2.75, 3.05) is 6.61 Å². The molecule has 2 aromatic rings. The Morgan fingerprint density at radius 1 is 1.35 bits per heavy atom. The lowest BCUT2D eigenvalue weighted by molar-refractivity contribution is -0.154. The fourth-order valence-corrected chi connectivity index (χ4v) is 2.75. The predicted molar refractivity (Wildman–Crippen MR) is 79.9 cm³/mol. The van der Waals surface area contributed by atoms with Crippen LogP contribution in [0.2, 0.25) is 0 Å². The van der Waals surface area contributed by atoms with Crippen molar-refractivity contribution in [3.63, 3.8) is 0 Å². The second kappa shape index (κ2) is 7.30. The van der Waals surface area contributed by atoms with Gasteiger partial charge in [-0.25, -0.2) is 17.9 Å². The Bertz CT molecular complexity index is 833. The summed E-state index contributed by atoms with van der Waals surface area (Å²) < 4.78 is 46.3. The van der Waals surface area contributed by atoms with Crippen molar-refractivity contribution in [2.24, 2.45) is 5.11 Å². The van der Waals surface area contributed by atoms with E-state index in [1.807, 2.05) is 0 Å². The van der Waals surface area contributed by atoms with Gasteiger partial charge in [-0.15, -0.1) is 5.10 Å². The highest BCUT2D eigenvalue weighted by molar-refractivity contribution is 5.57. The Hall–Kier alpha value is -2.66. The van der Waals surface area contributed by atoms with Crippen molar-refractivity contribution in [2.45, 2.75) is 30.9 Å². The van der Waals surface area contributed by atoms with E-state index in [1.165, 1.54) is 10.9 Å². The number of nitrogens with zero attached hydrogens (tertiary/aromatic N) is 6. The first kappa shape index (κ1) is 18.1. The summed E-state index contributed by atoms with van der Waals surface area (Å²) in [5.41, 5.74) is 8.55. The lowest BCUT2D eigenvalue weighted by Crippen LogP contribution is -2.47. The largest absolute Gasteiger partial charge is 0.394 e. The Morgan fingerprint density at radius 2 is 2.04 bits per heavy atom. The van der Waals surface area contributed by atoms with Crippen molar-refractivity contribution >= 4 is 0 Å². The smallest absolute Gasteiger partial charge is 0.194 e. The van der Waals surface area contributed by atoms with E-state index >= 15 is 0 Å². The summed E-state index contributed by atoms with van der Waals surface area (Å²) in [5.74, 6) is -4.34. The van der Waals surface area contributed by atoms with Crippen LogP contribution in [0.3, 0.4) is 0 Å². The first-order chi connectivity index (χ1) is 12.4. The van der Waals surface area contributed by atoms with Gasteiger partial charge in [-0.05, 0) is 17.7 Å². The van der Waals surface area contributed by atoms with Crippen LogP contribution in [-0.2, 0) is 4.74 Å². The molecule has 0 radical (unpaired) electrons. The Morgan fingerprint density at radius 3 is 2.65 bits per heavy atom. The highest BCUT2D eigenvalue weighted by atomic mass is 19.2. The molecule has 1 saturated heterocycles. The molecule has 4 atom stereocenters. The standard InChI is InChI=1S/C14H13F3N6O3/c15-7-1-6(2-8(16)13(7)17)9-4-23(22-19-9)10-3-12(20-21-18)26-11(5-24)14(10)25/h1-2,4,10-12,14,24-25H,3,5H2/t10-,11-,12-,14+/m1/s1. The molecule has 1 aliphatic heterocycles. The average Bonchev–Trinajstić information content (AvgIpc) is 3.10. The zero-order chi connectivity index (χ0) is 18.8. The third kappa shape index (κ3) is 3.35. The second-order valence-electron chi connectivity index (χ2n) is 5.65. The maximum absolute atomic E-state index is 13.4. The zero-order valence-corrected chi connectivity index (χ0v) is 13.1. The second-order valence-corrected chi connectivity index (χ2v) is 5.65. The fourth-order valence-electron chi connectivity index (χ4n) is 2.75. The molecule has 0 saturated carbocycles. The molecule has 12 heteroatoms. The molecule has 0 spiro atoms. The van der Waals surface area contributed by atoms with E-state index in [4.69, 9.17) is 10.3 Å². The highest BCUT2D eigenvalue weighted by Gasteiger charge is 2.38. The molecule has 0 amide bonds. The van der Waals surface area contributed by atoms with Crippen LogP contribution < -0.4 is 0 Å². The molecule has 9 nitrogen and oxygen atoms in total. The summed E-state index contributed by atoms with van der Waals surface area (Å²) in [6, 6.07) is 0.770. The number of ether oxygens (including phenoxy) is 1. The van der Waals surface area contributed by atoms with Gasteiger partial charge in [-0.1, -0.05) is 10.3 Å². The molecule has 3 rings (SSSR count). The van der Waals surface area contributed by atoms with Crippen molar-refractivity contribution in [3.05, 3.63) is 46.2 Å². The monoisotopic (exact) mass is 370 g/mol. The van der Waals surface area contributed by atoms with Crippen LogP contribution in [0.5, 0.6) is 0 Å². The van der Waals surface area contributed by atoms with E-state index in [2.05, 4.69) is 20.3 Å². The lowest BCUT2D eigenvalue weighted by atomic mass is 9.98. The molecule has 0 bridgehead atoms. The van der Waals surface area contributed by atoms with Gasteiger partial charge in [-0.3, -0.25) is 0 Å². The van der Waals surface area contributed by atoms with E-state index < -0.39 is 48.5 Å². The molecule has 26 heavy (non-hydrogen) atoms. The van der Waals surface area contributed by atoms with Crippen LogP contribution in [0, 0.1) is 17.5 Å². The SMILES string of the molecule is [N-]=[N+]=N[C@H]1C[C@@H](n2cc(-c3cc(F)c(F)c(F)c3)nn2)[C@H](O)[C@@H](CO)O1. The molecule has 0 aliphatic carbocycles. The van der Waals surface area contributed by atoms with Gasteiger partial charge in [0.2, 0.25) is 0 Å². The van der Waals surface area contributed by atoms with Crippen molar-refractivity contribution in [3.8, 4) is 11.3 Å². The van der Waals surface area contributed by atoms with E-state index in [9.17, 15) is 23.4 Å². The topological polar surface area (TPSA) is 129 Å². The molecule has 1 fully saturated rings. The minimum Gasteiger partial charge on any atom is -0.394 e. The number of aliphatic hydroxyl groups is 2. The number of azide groups is 1. The quantitative estimate of drug-likeness (QED) is 0.366. The number of halogens is 3. The number of hydrogen-bond acceptors (Lipinski definition) is 6. The summed E-state index contributed by atoms with van der Waals surface area (Å²) in [7, 11) is 0. The van der Waals surface area contributed by atoms with E-state index in [-0.39, 0.29) is 17.7 Å². The van der Waals surface area contributed by atoms with Crippen molar-refractivity contribution in [1.82, 2.24) is 15.0 Å². The minimum absolute atomic E-state index is 0.0384. The van der Waals surface area contributed by atoms with Crippen LogP contribution in [0.15, 0.2) is 23.4 Å². The van der Waals surface area contributed by atoms with E-state index in [0.29, 0.717) is 0 Å². The van der Waals surface area contributed by atoms with Crippen molar-refractivity contribution in [1.29, 1.82) is 0 Å². The third-order valence-electron chi connectivity index (χ3n) is 4.04. The first-order valence-electron chi connectivity index (χ1n) is 7.50. The molecular weight excluding hydrogens is 357 g/mol. The van der Waals surface area contributed by atoms with Gasteiger partial charge in [0, 0.05) is 16.9 Å². The van der Waals surface area contributed by atoms with Gasteiger partial charge in [0.25, 0.3) is 0 Å². The maximum atomic E-state index is 13.4. The Labute approximate surface area is 144 Å². The summed E-state index contributed by atoms with van der Waals surface area (Å²) in [6.45, 7) is -0.523. The Balaban J connectivity index is 1.91. The molecule has 2 heterocycles. The maximum Gasteiger partial charge on any atom is 0.194 e. The molecule has 1 aliphatic rings. The molecule has 2 N–H and O–H groups in total. The van der Waals surface area contributed by atoms with Crippen LogP contribution in [-0.4, -0.2) is 50.2 Å². The first-order valence-corrected chi connectivity index (χ1v) is 7.50. The van der Waals surface area contributed by atoms with E-state index in [1.54, 1.807) is 0 Å². The van der Waals surface area contributed by atoms with Crippen LogP contribution in [0.4, 0.5) is 13.2 Å². The molecule has 0 unspecified atom stereocenters. The van der Waals surface area contributed by atoms with Gasteiger partial charge in [0.15, 0.2) is 17.5 Å². The fraction of sp³-hybridized carbons (Fsp3) is 0.429. The van der Waals surface area contributed by atoms with Gasteiger partial charge < -0.3 is 14.9 Å². The molecular formula is C14H13F3N6O3. The summed E-state index contributed by atoms with van der Waals surface area (Å²) >= 11 is 0. The average molecular weight is 370 g/mol. The van der Waals surface area contributed by atoms with Crippen LogP contribution in [0.25, 0.3) is 21.7 Å². The third-order valence-corrected chi connectivity index (χ3v) is 4.04. The summed E-state index contributed by atoms with van der Waals surface area (Å²) in [4.78, 5) is 2.63. The number of rotatable bonds is 4. The van der Waals surface area contributed by atoms with Crippen LogP contribution >= 0.6 is 0 Å². The van der Waals surface area contributed by atoms with Crippen LogP contribution in [0.1, 0.15) is 12.5 Å². The van der Waals surface area contributed by atoms with Gasteiger partial charge >= 0.3 is 0 Å². The summed E-state index contributed by atoms with van der Waals surface area (Å²) in [6.07, 6.45) is -1.82. The molecule has 1 aromatic heterocycles. The predicted octanol–water partition coefficient (Wildman–Crippen LogP) is 1.68. The number of aromatic nitrogens is 3.